The molecule has 2 heterocycles. The van der Waals surface area contributed by atoms with Gasteiger partial charge in [0, 0.05) is 39.0 Å². The second-order valence-electron chi connectivity index (χ2n) is 4.68. The number of piperazine rings is 1. The number of nitrogens with two attached hydrogens (primary N) is 1. The first-order valence-electron chi connectivity index (χ1n) is 6.60. The van der Waals surface area contributed by atoms with Crippen LogP contribution in [-0.4, -0.2) is 54.3 Å². The third-order valence-electron chi connectivity index (χ3n) is 3.37. The number of hydrogen-bond donors (Lipinski definition) is 2. The number of anilines is 2. The van der Waals surface area contributed by atoms with E-state index in [0.717, 1.165) is 57.1 Å². The number of pyridine rings is 1. The van der Waals surface area contributed by atoms with Gasteiger partial charge in [-0.1, -0.05) is 0 Å². The van der Waals surface area contributed by atoms with E-state index < -0.39 is 0 Å². The zero-order chi connectivity index (χ0) is 12.8. The van der Waals surface area contributed by atoms with Crippen LogP contribution in [0, 0.1) is 0 Å². The van der Waals surface area contributed by atoms with Crippen molar-refractivity contribution >= 4 is 11.5 Å². The molecule has 1 aromatic heterocycles. The minimum atomic E-state index is 0.296. The lowest BCUT2D eigenvalue weighted by Crippen LogP contribution is -2.47. The van der Waals surface area contributed by atoms with E-state index in [-0.39, 0.29) is 0 Å². The number of nitrogens with zero attached hydrogens (tertiary/aromatic N) is 3. The fraction of sp³-hybridized carbons (Fsp3) is 0.615. The zero-order valence-corrected chi connectivity index (χ0v) is 10.8. The van der Waals surface area contributed by atoms with Crippen LogP contribution < -0.4 is 10.6 Å². The Labute approximate surface area is 108 Å². The van der Waals surface area contributed by atoms with Gasteiger partial charge in [-0.15, -0.1) is 0 Å². The van der Waals surface area contributed by atoms with E-state index >= 15 is 0 Å². The number of aliphatic hydroxyl groups is 1. The lowest BCUT2D eigenvalue weighted by Gasteiger charge is -2.35. The average Bonchev–Trinajstić information content (AvgIpc) is 2.41. The molecule has 0 amide bonds. The second kappa shape index (κ2) is 6.56. The molecule has 3 N–H and O–H groups in total. The molecule has 5 nitrogen and oxygen atoms in total. The molecule has 0 bridgehead atoms. The minimum Gasteiger partial charge on any atom is -0.396 e. The molecular formula is C13H22N4O. The van der Waals surface area contributed by atoms with E-state index in [4.69, 9.17) is 10.8 Å². The molecule has 1 aliphatic rings. The van der Waals surface area contributed by atoms with Crippen LogP contribution in [-0.2, 0) is 0 Å². The summed E-state index contributed by atoms with van der Waals surface area (Å²) in [6.45, 7) is 5.40. The number of hydrogen-bond acceptors (Lipinski definition) is 5. The van der Waals surface area contributed by atoms with E-state index in [1.807, 2.05) is 12.1 Å². The average molecular weight is 250 g/mol. The summed E-state index contributed by atoms with van der Waals surface area (Å²) in [6, 6.07) is 3.76. The van der Waals surface area contributed by atoms with Crippen LogP contribution in [0.2, 0.25) is 0 Å². The predicted octanol–water partition coefficient (Wildman–Crippen LogP) is 0.558. The van der Waals surface area contributed by atoms with E-state index in [2.05, 4.69) is 14.8 Å². The maximum Gasteiger partial charge on any atom is 0.151 e. The Morgan fingerprint density at radius 1 is 1.22 bits per heavy atom. The van der Waals surface area contributed by atoms with Crippen LogP contribution in [0.15, 0.2) is 18.3 Å². The summed E-state index contributed by atoms with van der Waals surface area (Å²) < 4.78 is 0. The van der Waals surface area contributed by atoms with E-state index in [0.29, 0.717) is 6.61 Å². The van der Waals surface area contributed by atoms with Gasteiger partial charge in [-0.3, -0.25) is 4.90 Å². The van der Waals surface area contributed by atoms with Gasteiger partial charge in [0.1, 0.15) is 0 Å². The summed E-state index contributed by atoms with van der Waals surface area (Å²) >= 11 is 0. The molecule has 18 heavy (non-hydrogen) atoms. The maximum atomic E-state index is 8.77. The van der Waals surface area contributed by atoms with Gasteiger partial charge in [0.2, 0.25) is 0 Å². The molecule has 0 spiro atoms. The lowest BCUT2D eigenvalue weighted by atomic mass is 10.2. The van der Waals surface area contributed by atoms with Crippen molar-refractivity contribution in [2.24, 2.45) is 0 Å². The standard InChI is InChI=1S/C13H22N4O/c14-12-4-3-5-15-13(12)17-9-7-16(8-10-17)6-1-2-11-18/h3-5,18H,1-2,6-11,14H2. The molecule has 100 valence electrons. The minimum absolute atomic E-state index is 0.296. The van der Waals surface area contributed by atoms with Crippen molar-refractivity contribution in [1.82, 2.24) is 9.88 Å². The highest BCUT2D eigenvalue weighted by molar-refractivity contribution is 5.62. The largest absolute Gasteiger partial charge is 0.396 e. The molecule has 0 radical (unpaired) electrons. The van der Waals surface area contributed by atoms with E-state index in [1.54, 1.807) is 6.20 Å². The molecule has 2 rings (SSSR count). The Kier molecular flexibility index (Phi) is 4.78. The van der Waals surface area contributed by atoms with Crippen LogP contribution in [0.25, 0.3) is 0 Å². The summed E-state index contributed by atoms with van der Waals surface area (Å²) in [6.07, 6.45) is 3.76. The van der Waals surface area contributed by atoms with Crippen molar-refractivity contribution < 1.29 is 5.11 Å². The molecule has 5 heteroatoms. The first-order valence-corrected chi connectivity index (χ1v) is 6.60. The summed E-state index contributed by atoms with van der Waals surface area (Å²) in [5.41, 5.74) is 6.69. The Hall–Kier alpha value is -1.33. The number of unbranched alkanes of at least 4 members (excludes halogenated alkanes) is 1. The van der Waals surface area contributed by atoms with Gasteiger partial charge < -0.3 is 15.7 Å². The third kappa shape index (κ3) is 3.34. The van der Waals surface area contributed by atoms with Crippen molar-refractivity contribution in [2.45, 2.75) is 12.8 Å². The van der Waals surface area contributed by atoms with Gasteiger partial charge in [0.05, 0.1) is 5.69 Å². The lowest BCUT2D eigenvalue weighted by molar-refractivity contribution is 0.232. The van der Waals surface area contributed by atoms with Crippen LogP contribution in [0.3, 0.4) is 0 Å². The Balaban J connectivity index is 1.81. The van der Waals surface area contributed by atoms with Gasteiger partial charge in [-0.2, -0.15) is 0 Å². The van der Waals surface area contributed by atoms with Crippen LogP contribution >= 0.6 is 0 Å². The van der Waals surface area contributed by atoms with Crippen molar-refractivity contribution in [2.75, 3.05) is 50.0 Å². The Bertz CT molecular complexity index is 364. The van der Waals surface area contributed by atoms with Crippen molar-refractivity contribution in [3.05, 3.63) is 18.3 Å². The number of nitrogen functional groups attached to an aromatic ring is 1. The predicted molar refractivity (Wildman–Crippen MR) is 73.6 cm³/mol. The molecular weight excluding hydrogens is 228 g/mol. The van der Waals surface area contributed by atoms with Crippen LogP contribution in [0.1, 0.15) is 12.8 Å². The quantitative estimate of drug-likeness (QED) is 0.747. The van der Waals surface area contributed by atoms with Crippen LogP contribution in [0.4, 0.5) is 11.5 Å². The number of rotatable bonds is 5. The van der Waals surface area contributed by atoms with Crippen molar-refractivity contribution in [3.63, 3.8) is 0 Å². The Morgan fingerprint density at radius 2 is 2.00 bits per heavy atom. The van der Waals surface area contributed by atoms with Crippen molar-refractivity contribution in [3.8, 4) is 0 Å². The number of aliphatic hydroxyl groups excluding tert-OH is 1. The van der Waals surface area contributed by atoms with Crippen LogP contribution in [0.5, 0.6) is 0 Å². The highest BCUT2D eigenvalue weighted by atomic mass is 16.2. The topological polar surface area (TPSA) is 65.6 Å². The SMILES string of the molecule is Nc1cccnc1N1CCN(CCCCO)CC1. The van der Waals surface area contributed by atoms with Crippen molar-refractivity contribution in [1.29, 1.82) is 0 Å². The zero-order valence-electron chi connectivity index (χ0n) is 10.8. The molecule has 0 atom stereocenters. The fourth-order valence-electron chi connectivity index (χ4n) is 2.30. The monoisotopic (exact) mass is 250 g/mol. The molecule has 1 aliphatic heterocycles. The molecule has 0 aromatic carbocycles. The summed E-state index contributed by atoms with van der Waals surface area (Å²) in [5, 5.41) is 8.77. The molecule has 1 saturated heterocycles. The van der Waals surface area contributed by atoms with Gasteiger partial charge in [-0.05, 0) is 31.5 Å². The van der Waals surface area contributed by atoms with E-state index in [1.165, 1.54) is 0 Å². The highest BCUT2D eigenvalue weighted by Gasteiger charge is 2.18. The van der Waals surface area contributed by atoms with Gasteiger partial charge in [0.15, 0.2) is 5.82 Å². The maximum absolute atomic E-state index is 8.77. The van der Waals surface area contributed by atoms with E-state index in [9.17, 15) is 0 Å². The molecule has 0 unspecified atom stereocenters. The van der Waals surface area contributed by atoms with Gasteiger partial charge >= 0.3 is 0 Å². The summed E-state index contributed by atoms with van der Waals surface area (Å²) in [5.74, 6) is 0.910. The van der Waals surface area contributed by atoms with Gasteiger partial charge in [-0.25, -0.2) is 4.98 Å². The van der Waals surface area contributed by atoms with Gasteiger partial charge in [0.25, 0.3) is 0 Å². The first kappa shape index (κ1) is 13.1. The molecule has 0 saturated carbocycles. The first-order chi connectivity index (χ1) is 8.81. The Morgan fingerprint density at radius 3 is 2.67 bits per heavy atom. The smallest absolute Gasteiger partial charge is 0.151 e. The third-order valence-corrected chi connectivity index (χ3v) is 3.37. The summed E-state index contributed by atoms with van der Waals surface area (Å²) in [4.78, 5) is 9.04. The molecule has 1 fully saturated rings. The molecule has 0 aliphatic carbocycles. The second-order valence-corrected chi connectivity index (χ2v) is 4.68. The fourth-order valence-corrected chi connectivity index (χ4v) is 2.30. The molecule has 1 aromatic rings. The summed E-state index contributed by atoms with van der Waals surface area (Å²) in [7, 11) is 0. The highest BCUT2D eigenvalue weighted by Crippen LogP contribution is 2.20. The number of aromatic nitrogens is 1. The normalized spacial score (nSPS) is 17.1.